The number of nitrogens with one attached hydrogen (secondary N) is 1. The van der Waals surface area contributed by atoms with Crippen LogP contribution in [0.25, 0.3) is 0 Å². The minimum absolute atomic E-state index is 0.00468. The second-order valence-corrected chi connectivity index (χ2v) is 7.69. The van der Waals surface area contributed by atoms with Gasteiger partial charge in [0.15, 0.2) is 12.4 Å². The molecule has 0 saturated heterocycles. The van der Waals surface area contributed by atoms with Gasteiger partial charge in [-0.25, -0.2) is 0 Å². The Kier molecular flexibility index (Phi) is 4.53. The lowest BCUT2D eigenvalue weighted by Crippen LogP contribution is -2.55. The van der Waals surface area contributed by atoms with E-state index in [9.17, 15) is 14.4 Å². The lowest BCUT2D eigenvalue weighted by molar-refractivity contribution is -0.122. The highest BCUT2D eigenvalue weighted by molar-refractivity contribution is 6.13. The number of rotatable bonds is 4. The number of benzene rings is 2. The van der Waals surface area contributed by atoms with Crippen molar-refractivity contribution in [2.45, 2.75) is 26.3 Å². The molecule has 0 aliphatic carbocycles. The van der Waals surface area contributed by atoms with Crippen LogP contribution in [0.5, 0.6) is 5.75 Å². The van der Waals surface area contributed by atoms with Crippen LogP contribution in [0, 0.1) is 0 Å². The summed E-state index contributed by atoms with van der Waals surface area (Å²) in [5, 5.41) is 3.22. The van der Waals surface area contributed by atoms with E-state index in [1.807, 2.05) is 31.2 Å². The maximum Gasteiger partial charge on any atom is 0.265 e. The Labute approximate surface area is 169 Å². The summed E-state index contributed by atoms with van der Waals surface area (Å²) in [5.41, 5.74) is 1.69. The van der Waals surface area contributed by atoms with E-state index < -0.39 is 5.54 Å². The van der Waals surface area contributed by atoms with E-state index in [1.165, 1.54) is 4.90 Å². The van der Waals surface area contributed by atoms with Gasteiger partial charge in [-0.3, -0.25) is 14.4 Å². The molecule has 7 nitrogen and oxygen atoms in total. The second kappa shape index (κ2) is 6.92. The molecular formula is C22H23N3O4. The van der Waals surface area contributed by atoms with E-state index in [0.717, 1.165) is 5.69 Å². The minimum Gasteiger partial charge on any atom is -0.482 e. The van der Waals surface area contributed by atoms with Gasteiger partial charge in [0.25, 0.3) is 11.8 Å². The third-order valence-electron chi connectivity index (χ3n) is 5.26. The van der Waals surface area contributed by atoms with Crippen molar-refractivity contribution >= 4 is 34.7 Å². The molecule has 150 valence electrons. The number of para-hydroxylation sites is 2. The van der Waals surface area contributed by atoms with Crippen molar-refractivity contribution in [3.8, 4) is 5.75 Å². The number of Topliss-reactive ketones (excluding diaryl/α,β-unsaturated/α-hetero) is 1. The molecule has 4 rings (SSSR count). The first kappa shape index (κ1) is 19.0. The third-order valence-corrected chi connectivity index (χ3v) is 5.26. The highest BCUT2D eigenvalue weighted by Crippen LogP contribution is 2.36. The highest BCUT2D eigenvalue weighted by Gasteiger charge is 2.39. The van der Waals surface area contributed by atoms with E-state index in [4.69, 9.17) is 4.74 Å². The summed E-state index contributed by atoms with van der Waals surface area (Å²) >= 11 is 0. The SMILES string of the molecule is CCN1C(=O)COc2ccc(C(=O)CN3C(=O)C(C)(C)Nc4ccccc43)cc21. The summed E-state index contributed by atoms with van der Waals surface area (Å²) < 4.78 is 5.47. The first-order valence-electron chi connectivity index (χ1n) is 9.61. The van der Waals surface area contributed by atoms with Gasteiger partial charge < -0.3 is 19.9 Å². The number of ether oxygens (including phenoxy) is 1. The Morgan fingerprint density at radius 2 is 1.86 bits per heavy atom. The number of anilines is 3. The average Bonchev–Trinajstić information content (AvgIpc) is 2.70. The zero-order valence-electron chi connectivity index (χ0n) is 16.7. The average molecular weight is 393 g/mol. The molecule has 0 saturated carbocycles. The molecule has 0 spiro atoms. The van der Waals surface area contributed by atoms with Gasteiger partial charge in [-0.1, -0.05) is 12.1 Å². The largest absolute Gasteiger partial charge is 0.482 e. The maximum atomic E-state index is 13.1. The van der Waals surface area contributed by atoms with Gasteiger partial charge in [-0.05, 0) is 51.1 Å². The van der Waals surface area contributed by atoms with Crippen LogP contribution in [0.1, 0.15) is 31.1 Å². The van der Waals surface area contributed by atoms with Gasteiger partial charge in [0.1, 0.15) is 11.3 Å². The van der Waals surface area contributed by atoms with E-state index >= 15 is 0 Å². The quantitative estimate of drug-likeness (QED) is 0.808. The first-order valence-corrected chi connectivity index (χ1v) is 9.61. The summed E-state index contributed by atoms with van der Waals surface area (Å²) in [4.78, 5) is 41.3. The Morgan fingerprint density at radius 3 is 2.62 bits per heavy atom. The molecular weight excluding hydrogens is 370 g/mol. The number of fused-ring (bicyclic) bond motifs is 2. The van der Waals surface area contributed by atoms with Crippen molar-refractivity contribution in [2.75, 3.05) is 34.8 Å². The van der Waals surface area contributed by atoms with E-state index in [1.54, 1.807) is 36.9 Å². The summed E-state index contributed by atoms with van der Waals surface area (Å²) in [5.74, 6) is 0.0595. The molecule has 0 atom stereocenters. The molecule has 0 aromatic heterocycles. The molecule has 7 heteroatoms. The monoisotopic (exact) mass is 393 g/mol. The van der Waals surface area contributed by atoms with Gasteiger partial charge >= 0.3 is 0 Å². The third kappa shape index (κ3) is 3.22. The molecule has 0 unspecified atom stereocenters. The number of nitrogens with zero attached hydrogens (tertiary/aromatic N) is 2. The molecule has 2 aliphatic heterocycles. The van der Waals surface area contributed by atoms with Crippen LogP contribution < -0.4 is 19.9 Å². The van der Waals surface area contributed by atoms with Crippen LogP contribution in [0.3, 0.4) is 0 Å². The molecule has 0 radical (unpaired) electrons. The molecule has 29 heavy (non-hydrogen) atoms. The van der Waals surface area contributed by atoms with Crippen LogP contribution in [0.2, 0.25) is 0 Å². The van der Waals surface area contributed by atoms with Crippen molar-refractivity contribution in [1.82, 2.24) is 0 Å². The number of carbonyl (C=O) groups excluding carboxylic acids is 3. The predicted molar refractivity (Wildman–Crippen MR) is 111 cm³/mol. The Morgan fingerprint density at radius 1 is 1.10 bits per heavy atom. The zero-order valence-corrected chi connectivity index (χ0v) is 16.7. The van der Waals surface area contributed by atoms with Crippen LogP contribution in [0.15, 0.2) is 42.5 Å². The Bertz CT molecular complexity index is 1010. The van der Waals surface area contributed by atoms with Crippen molar-refractivity contribution < 1.29 is 19.1 Å². The molecule has 2 aromatic carbocycles. The molecule has 2 amide bonds. The number of likely N-dealkylation sites (N-methyl/N-ethyl adjacent to an activating group) is 1. The maximum absolute atomic E-state index is 13.1. The van der Waals surface area contributed by atoms with E-state index in [0.29, 0.717) is 29.2 Å². The minimum atomic E-state index is -0.816. The number of hydrogen-bond acceptors (Lipinski definition) is 5. The Hall–Kier alpha value is -3.35. The van der Waals surface area contributed by atoms with E-state index in [-0.39, 0.29) is 30.7 Å². The lowest BCUT2D eigenvalue weighted by atomic mass is 9.97. The molecule has 0 fully saturated rings. The normalized spacial score (nSPS) is 17.2. The van der Waals surface area contributed by atoms with Crippen molar-refractivity contribution in [3.63, 3.8) is 0 Å². The number of ketones is 1. The van der Waals surface area contributed by atoms with Gasteiger partial charge in [0.2, 0.25) is 0 Å². The predicted octanol–water partition coefficient (Wildman–Crippen LogP) is 2.85. The van der Waals surface area contributed by atoms with Crippen molar-refractivity contribution in [2.24, 2.45) is 0 Å². The fourth-order valence-corrected chi connectivity index (χ4v) is 3.77. The summed E-state index contributed by atoms with van der Waals surface area (Å²) in [6, 6.07) is 12.5. The van der Waals surface area contributed by atoms with Crippen LogP contribution in [-0.4, -0.2) is 42.8 Å². The smallest absolute Gasteiger partial charge is 0.265 e. The Balaban J connectivity index is 1.66. The second-order valence-electron chi connectivity index (χ2n) is 7.69. The number of amides is 2. The summed E-state index contributed by atoms with van der Waals surface area (Å²) in [6.45, 7) is 5.87. The lowest BCUT2D eigenvalue weighted by Gasteiger charge is -2.39. The number of carbonyl (C=O) groups is 3. The highest BCUT2D eigenvalue weighted by atomic mass is 16.5. The van der Waals surface area contributed by atoms with Crippen molar-refractivity contribution in [1.29, 1.82) is 0 Å². The zero-order chi connectivity index (χ0) is 20.8. The molecule has 2 aliphatic rings. The fraction of sp³-hybridized carbons (Fsp3) is 0.318. The van der Waals surface area contributed by atoms with Crippen LogP contribution in [0.4, 0.5) is 17.1 Å². The van der Waals surface area contributed by atoms with Crippen molar-refractivity contribution in [3.05, 3.63) is 48.0 Å². The molecule has 1 N–H and O–H groups in total. The fourth-order valence-electron chi connectivity index (χ4n) is 3.77. The van der Waals surface area contributed by atoms with Crippen LogP contribution >= 0.6 is 0 Å². The molecule has 2 aromatic rings. The first-order chi connectivity index (χ1) is 13.8. The van der Waals surface area contributed by atoms with Gasteiger partial charge in [-0.15, -0.1) is 0 Å². The summed E-state index contributed by atoms with van der Waals surface area (Å²) in [6.07, 6.45) is 0. The van der Waals surface area contributed by atoms with Gasteiger partial charge in [-0.2, -0.15) is 0 Å². The molecule has 0 bridgehead atoms. The standard InChI is InChI=1S/C22H23N3O4/c1-4-24-17-11-14(9-10-19(17)29-13-20(24)27)18(26)12-25-16-8-6-5-7-15(16)23-22(2,3)21(25)28/h5-11,23H,4,12-13H2,1-3H3. The van der Waals surface area contributed by atoms with E-state index in [2.05, 4.69) is 5.32 Å². The van der Waals surface area contributed by atoms with Gasteiger partial charge in [0.05, 0.1) is 23.6 Å². The topological polar surface area (TPSA) is 79.0 Å². The van der Waals surface area contributed by atoms with Crippen LogP contribution in [-0.2, 0) is 9.59 Å². The van der Waals surface area contributed by atoms with Gasteiger partial charge in [0, 0.05) is 12.1 Å². The number of hydrogen-bond donors (Lipinski definition) is 1. The molecule has 2 heterocycles. The summed E-state index contributed by atoms with van der Waals surface area (Å²) in [7, 11) is 0.